The summed E-state index contributed by atoms with van der Waals surface area (Å²) in [6.45, 7) is 8.20. The molecule has 6 unspecified atom stereocenters. The number of ketones is 1. The van der Waals surface area contributed by atoms with Gasteiger partial charge in [-0.1, -0.05) is 55.0 Å². The number of carbonyl (C=O) groups excluding carboxylic acids is 3. The summed E-state index contributed by atoms with van der Waals surface area (Å²) >= 11 is 0. The van der Waals surface area contributed by atoms with Gasteiger partial charge in [-0.3, -0.25) is 14.4 Å². The van der Waals surface area contributed by atoms with Crippen molar-refractivity contribution in [2.45, 2.75) is 71.3 Å². The third-order valence-corrected chi connectivity index (χ3v) is 8.49. The summed E-state index contributed by atoms with van der Waals surface area (Å²) in [4.78, 5) is 39.5. The molecule has 1 heterocycles. The zero-order chi connectivity index (χ0) is 27.1. The van der Waals surface area contributed by atoms with Crippen LogP contribution < -0.4 is 5.32 Å². The van der Waals surface area contributed by atoms with Crippen molar-refractivity contribution in [3.05, 3.63) is 71.3 Å². The van der Waals surface area contributed by atoms with Crippen molar-refractivity contribution in [1.29, 1.82) is 0 Å². The summed E-state index contributed by atoms with van der Waals surface area (Å²) in [5, 5.41) is 25.7. The van der Waals surface area contributed by atoms with Crippen LogP contribution in [0.5, 0.6) is 0 Å². The highest BCUT2D eigenvalue weighted by atomic mass is 16.5. The lowest BCUT2D eigenvalue weighted by molar-refractivity contribution is -0.161. The maximum Gasteiger partial charge on any atom is 0.303 e. The van der Waals surface area contributed by atoms with Crippen LogP contribution in [0.1, 0.15) is 46.6 Å². The van der Waals surface area contributed by atoms with Crippen LogP contribution in [-0.4, -0.2) is 51.7 Å². The lowest BCUT2D eigenvalue weighted by Gasteiger charge is -2.49. The second kappa shape index (κ2) is 10.0. The second-order valence-electron chi connectivity index (χ2n) is 11.0. The first-order valence-corrected chi connectivity index (χ1v) is 12.9. The fraction of sp³-hybridized carbons (Fsp3) is 0.500. The Bertz CT molecular complexity index is 1170. The van der Waals surface area contributed by atoms with Crippen molar-refractivity contribution in [3.63, 3.8) is 0 Å². The van der Waals surface area contributed by atoms with Gasteiger partial charge in [0.05, 0.1) is 6.10 Å². The van der Waals surface area contributed by atoms with Gasteiger partial charge < -0.3 is 20.3 Å². The van der Waals surface area contributed by atoms with Gasteiger partial charge in [-0.25, -0.2) is 0 Å². The predicted octanol–water partition coefficient (Wildman–Crippen LogP) is 3.06. The van der Waals surface area contributed by atoms with Gasteiger partial charge in [0.15, 0.2) is 5.78 Å². The molecule has 8 atom stereocenters. The Labute approximate surface area is 218 Å². The molecule has 2 aliphatic carbocycles. The van der Waals surface area contributed by atoms with Crippen LogP contribution in [0.3, 0.4) is 0 Å². The van der Waals surface area contributed by atoms with Gasteiger partial charge in [0.2, 0.25) is 5.91 Å². The van der Waals surface area contributed by atoms with Gasteiger partial charge in [0, 0.05) is 30.7 Å². The molecule has 1 amide bonds. The number of Topliss-reactive ketones (excluding diaryl/α,β-unsaturated/α-hetero) is 1. The highest BCUT2D eigenvalue weighted by Crippen LogP contribution is 2.57. The minimum absolute atomic E-state index is 0.314. The first-order valence-electron chi connectivity index (χ1n) is 12.9. The van der Waals surface area contributed by atoms with Crippen LogP contribution in [-0.2, 0) is 25.5 Å². The lowest BCUT2D eigenvalue weighted by atomic mass is 9.54. The van der Waals surface area contributed by atoms with E-state index >= 15 is 0 Å². The van der Waals surface area contributed by atoms with E-state index in [-0.39, 0.29) is 17.7 Å². The van der Waals surface area contributed by atoms with E-state index in [1.54, 1.807) is 19.1 Å². The van der Waals surface area contributed by atoms with E-state index < -0.39 is 46.9 Å². The van der Waals surface area contributed by atoms with Gasteiger partial charge >= 0.3 is 5.97 Å². The lowest BCUT2D eigenvalue weighted by Crippen LogP contribution is -2.58. The van der Waals surface area contributed by atoms with E-state index in [0.29, 0.717) is 12.8 Å². The average molecular weight is 508 g/mol. The molecule has 0 saturated carbocycles. The Balaban J connectivity index is 1.96. The molecule has 198 valence electrons. The summed E-state index contributed by atoms with van der Waals surface area (Å²) in [6.07, 6.45) is 5.17. The van der Waals surface area contributed by atoms with Crippen molar-refractivity contribution in [2.75, 3.05) is 0 Å². The molecule has 3 aliphatic rings. The monoisotopic (exact) mass is 507 g/mol. The maximum atomic E-state index is 14.2. The largest absolute Gasteiger partial charge is 0.457 e. The van der Waals surface area contributed by atoms with Crippen LogP contribution in [0, 0.1) is 23.2 Å². The molecular formula is C30H37NO6. The number of hydrogen-bond donors (Lipinski definition) is 3. The molecule has 37 heavy (non-hydrogen) atoms. The molecular weight excluding hydrogens is 470 g/mol. The normalized spacial score (nSPS) is 37.9. The Hall–Kier alpha value is -3.03. The van der Waals surface area contributed by atoms with Crippen LogP contribution >= 0.6 is 0 Å². The Morgan fingerprint density at radius 3 is 2.46 bits per heavy atom. The average Bonchev–Trinajstić information content (AvgIpc) is 3.13. The quantitative estimate of drug-likeness (QED) is 0.428. The Kier molecular flexibility index (Phi) is 7.32. The van der Waals surface area contributed by atoms with Crippen molar-refractivity contribution < 1.29 is 29.3 Å². The molecule has 1 saturated heterocycles. The molecule has 1 aromatic carbocycles. The number of nitrogens with one attached hydrogen (secondary N) is 1. The molecule has 7 nitrogen and oxygen atoms in total. The van der Waals surface area contributed by atoms with Crippen LogP contribution in [0.4, 0.5) is 0 Å². The molecule has 1 aromatic rings. The number of allylic oxidation sites excluding steroid dienone is 1. The molecule has 1 aliphatic heterocycles. The molecule has 1 spiro atoms. The van der Waals surface area contributed by atoms with E-state index in [9.17, 15) is 24.6 Å². The van der Waals surface area contributed by atoms with E-state index in [1.165, 1.54) is 26.0 Å². The third kappa shape index (κ3) is 4.59. The number of carbonyl (C=O) groups is 3. The number of rotatable bonds is 3. The number of hydrogen-bond acceptors (Lipinski definition) is 6. The Morgan fingerprint density at radius 1 is 1.14 bits per heavy atom. The number of aliphatic hydroxyl groups excluding tert-OH is 1. The van der Waals surface area contributed by atoms with E-state index in [2.05, 4.69) is 5.32 Å². The standard InChI is InChI=1S/C30H37NO6/c1-17-10-9-13-22-26(33)19(3)18(2)25-23(16-21-11-7-6-8-12-21)31-28(35)30(22,25)24(37-20(4)32)14-15-29(5,36)27(17)34/h6-9,11-15,17,22-26,33,36H,10,16H2,1-5H3,(H,31,35)/t17?,22?,23?,24?,25?,26?,29-,30-/m1/s1. The van der Waals surface area contributed by atoms with Gasteiger partial charge in [-0.15, -0.1) is 0 Å². The molecule has 3 N–H and O–H groups in total. The second-order valence-corrected chi connectivity index (χ2v) is 11.0. The third-order valence-electron chi connectivity index (χ3n) is 8.49. The molecule has 1 fully saturated rings. The smallest absolute Gasteiger partial charge is 0.303 e. The molecule has 0 radical (unpaired) electrons. The highest BCUT2D eigenvalue weighted by molar-refractivity contribution is 5.91. The van der Waals surface area contributed by atoms with Crippen LogP contribution in [0.2, 0.25) is 0 Å². The zero-order valence-corrected chi connectivity index (χ0v) is 22.1. The minimum atomic E-state index is -1.82. The van der Waals surface area contributed by atoms with Gasteiger partial charge in [-0.05, 0) is 56.9 Å². The topological polar surface area (TPSA) is 113 Å². The van der Waals surface area contributed by atoms with Crippen molar-refractivity contribution in [3.8, 4) is 0 Å². The fourth-order valence-electron chi connectivity index (χ4n) is 6.54. The highest BCUT2D eigenvalue weighted by Gasteiger charge is 2.67. The number of amides is 1. The number of esters is 1. The summed E-state index contributed by atoms with van der Waals surface area (Å²) in [7, 11) is 0. The first kappa shape index (κ1) is 27.0. The molecule has 0 aromatic heterocycles. The van der Waals surface area contributed by atoms with E-state index in [1.807, 2.05) is 44.2 Å². The number of benzene rings is 1. The van der Waals surface area contributed by atoms with Crippen LogP contribution in [0.25, 0.3) is 0 Å². The summed E-state index contributed by atoms with van der Waals surface area (Å²) in [5.74, 6) is -2.92. The van der Waals surface area contributed by atoms with Gasteiger partial charge in [0.25, 0.3) is 0 Å². The summed E-state index contributed by atoms with van der Waals surface area (Å²) < 4.78 is 5.82. The molecule has 0 bridgehead atoms. The summed E-state index contributed by atoms with van der Waals surface area (Å²) in [5.41, 5.74) is -0.500. The van der Waals surface area contributed by atoms with E-state index in [0.717, 1.165) is 16.7 Å². The SMILES string of the molecule is CC(=O)OC1C=C[C@@](C)(O)C(=O)C(C)CC=CC2C(O)C(C)=C(C)C3C(Cc4ccccc4)NC(=O)[C@@]123. The first-order chi connectivity index (χ1) is 17.4. The Morgan fingerprint density at radius 2 is 1.81 bits per heavy atom. The van der Waals surface area contributed by atoms with Crippen molar-refractivity contribution >= 4 is 17.7 Å². The van der Waals surface area contributed by atoms with Crippen molar-refractivity contribution in [2.24, 2.45) is 23.2 Å². The number of ether oxygens (including phenoxy) is 1. The predicted molar refractivity (Wildman–Crippen MR) is 139 cm³/mol. The molecule has 7 heteroatoms. The maximum absolute atomic E-state index is 14.2. The number of aliphatic hydroxyl groups is 2. The van der Waals surface area contributed by atoms with Gasteiger partial charge in [-0.2, -0.15) is 0 Å². The van der Waals surface area contributed by atoms with Gasteiger partial charge in [0.1, 0.15) is 17.1 Å². The zero-order valence-electron chi connectivity index (χ0n) is 22.1. The van der Waals surface area contributed by atoms with Crippen LogP contribution in [0.15, 0.2) is 65.8 Å². The minimum Gasteiger partial charge on any atom is -0.457 e. The van der Waals surface area contributed by atoms with Crippen molar-refractivity contribution in [1.82, 2.24) is 5.32 Å². The fourth-order valence-corrected chi connectivity index (χ4v) is 6.54. The van der Waals surface area contributed by atoms with E-state index in [4.69, 9.17) is 4.74 Å². The molecule has 4 rings (SSSR count). The summed E-state index contributed by atoms with van der Waals surface area (Å²) in [6, 6.07) is 9.52.